The topological polar surface area (TPSA) is 70.6 Å². The van der Waals surface area contributed by atoms with E-state index in [-0.39, 0.29) is 5.91 Å². The lowest BCUT2D eigenvalue weighted by Gasteiger charge is -2.09. The average molecular weight is 190 g/mol. The minimum absolute atomic E-state index is 0.0629. The minimum atomic E-state index is -0.500. The van der Waals surface area contributed by atoms with Crippen LogP contribution in [0.15, 0.2) is 0 Å². The van der Waals surface area contributed by atoms with Crippen molar-refractivity contribution in [2.24, 2.45) is 0 Å². The molecule has 0 aromatic heterocycles. The smallest absolute Gasteiger partial charge is 0.233 e. The van der Waals surface area contributed by atoms with Crippen molar-refractivity contribution in [2.75, 3.05) is 33.9 Å². The van der Waals surface area contributed by atoms with Gasteiger partial charge in [0.05, 0.1) is 19.3 Å². The van der Waals surface area contributed by atoms with Crippen molar-refractivity contribution in [3.8, 4) is 0 Å². The first-order valence-electron chi connectivity index (χ1n) is 4.29. The Morgan fingerprint density at radius 3 is 2.85 bits per heavy atom. The highest BCUT2D eigenvalue weighted by Gasteiger charge is 2.03. The van der Waals surface area contributed by atoms with Gasteiger partial charge in [-0.25, -0.2) is 0 Å². The molecule has 0 bridgehead atoms. The molecule has 1 atom stereocenters. The molecule has 0 heterocycles. The third-order valence-corrected chi connectivity index (χ3v) is 1.50. The minimum Gasteiger partial charge on any atom is -0.391 e. The summed E-state index contributed by atoms with van der Waals surface area (Å²) in [6, 6.07) is 0. The van der Waals surface area contributed by atoms with Crippen LogP contribution in [0.2, 0.25) is 0 Å². The van der Waals surface area contributed by atoms with Crippen LogP contribution in [0.1, 0.15) is 6.42 Å². The highest BCUT2D eigenvalue weighted by molar-refractivity contribution is 5.77. The Hall–Kier alpha value is -0.650. The Morgan fingerprint density at radius 2 is 2.31 bits per heavy atom. The molecule has 5 nitrogen and oxygen atoms in total. The zero-order valence-electron chi connectivity index (χ0n) is 8.17. The number of rotatable bonds is 7. The molecular weight excluding hydrogens is 172 g/mol. The predicted octanol–water partition coefficient (Wildman–Crippen LogP) is -1.28. The van der Waals surface area contributed by atoms with E-state index in [0.717, 1.165) is 0 Å². The van der Waals surface area contributed by atoms with Gasteiger partial charge in [0.15, 0.2) is 0 Å². The van der Waals surface area contributed by atoms with Crippen LogP contribution >= 0.6 is 0 Å². The van der Waals surface area contributed by atoms with Gasteiger partial charge in [0.2, 0.25) is 5.91 Å². The quantitative estimate of drug-likeness (QED) is 0.467. The summed E-state index contributed by atoms with van der Waals surface area (Å²) in [6.45, 7) is 1.09. The summed E-state index contributed by atoms with van der Waals surface area (Å²) >= 11 is 0. The highest BCUT2D eigenvalue weighted by Crippen LogP contribution is 1.89. The van der Waals surface area contributed by atoms with Gasteiger partial charge in [-0.1, -0.05) is 0 Å². The van der Waals surface area contributed by atoms with Crippen molar-refractivity contribution in [1.82, 2.24) is 10.6 Å². The standard InChI is InChI=1S/C8H18N2O3/c1-9-5-8(12)10-4-3-7(11)6-13-2/h7,9,11H,3-6H2,1-2H3,(H,10,12). The van der Waals surface area contributed by atoms with Gasteiger partial charge in [-0.3, -0.25) is 4.79 Å². The van der Waals surface area contributed by atoms with Gasteiger partial charge in [0, 0.05) is 13.7 Å². The Kier molecular flexibility index (Phi) is 7.57. The fourth-order valence-electron chi connectivity index (χ4n) is 0.877. The number of methoxy groups -OCH3 is 1. The molecule has 0 aromatic rings. The molecule has 0 saturated heterocycles. The molecule has 13 heavy (non-hydrogen) atoms. The number of aliphatic hydroxyl groups is 1. The molecule has 0 aromatic carbocycles. The largest absolute Gasteiger partial charge is 0.391 e. The lowest BCUT2D eigenvalue weighted by molar-refractivity contribution is -0.120. The first-order chi connectivity index (χ1) is 6.20. The molecule has 78 valence electrons. The van der Waals surface area contributed by atoms with Gasteiger partial charge in [-0.05, 0) is 13.5 Å². The molecule has 0 aliphatic rings. The molecule has 1 unspecified atom stereocenters. The molecule has 0 radical (unpaired) electrons. The molecule has 5 heteroatoms. The second-order valence-corrected chi connectivity index (χ2v) is 2.78. The molecular formula is C8H18N2O3. The van der Waals surface area contributed by atoms with Gasteiger partial charge in [0.25, 0.3) is 0 Å². The van der Waals surface area contributed by atoms with E-state index in [1.165, 1.54) is 7.11 Å². The number of aliphatic hydroxyl groups excluding tert-OH is 1. The number of amides is 1. The zero-order valence-corrected chi connectivity index (χ0v) is 8.17. The molecule has 0 rings (SSSR count). The van der Waals surface area contributed by atoms with Crippen LogP contribution in [0.3, 0.4) is 0 Å². The number of hydrogen-bond acceptors (Lipinski definition) is 4. The number of carbonyl (C=O) groups is 1. The van der Waals surface area contributed by atoms with Gasteiger partial charge in [-0.2, -0.15) is 0 Å². The van der Waals surface area contributed by atoms with Gasteiger partial charge >= 0.3 is 0 Å². The average Bonchev–Trinajstić information content (AvgIpc) is 2.05. The Labute approximate surface area is 78.5 Å². The Balaban J connectivity index is 3.28. The summed E-state index contributed by atoms with van der Waals surface area (Å²) in [5, 5.41) is 14.6. The maximum Gasteiger partial charge on any atom is 0.233 e. The van der Waals surface area contributed by atoms with Gasteiger partial charge in [0.1, 0.15) is 0 Å². The highest BCUT2D eigenvalue weighted by atomic mass is 16.5. The fourth-order valence-corrected chi connectivity index (χ4v) is 0.877. The first kappa shape index (κ1) is 12.3. The molecule has 0 aliphatic heterocycles. The number of likely N-dealkylation sites (N-methyl/N-ethyl adjacent to an activating group) is 1. The zero-order chi connectivity index (χ0) is 10.1. The van der Waals surface area contributed by atoms with E-state index >= 15 is 0 Å². The van der Waals surface area contributed by atoms with Crippen molar-refractivity contribution in [3.63, 3.8) is 0 Å². The summed E-state index contributed by atoms with van der Waals surface area (Å²) in [7, 11) is 3.24. The summed E-state index contributed by atoms with van der Waals surface area (Å²) in [5.74, 6) is -0.0629. The van der Waals surface area contributed by atoms with Gasteiger partial charge in [-0.15, -0.1) is 0 Å². The Morgan fingerprint density at radius 1 is 1.62 bits per heavy atom. The van der Waals surface area contributed by atoms with Crippen LogP contribution in [0, 0.1) is 0 Å². The number of ether oxygens (including phenoxy) is 1. The molecule has 0 saturated carbocycles. The van der Waals surface area contributed by atoms with Crippen molar-refractivity contribution < 1.29 is 14.6 Å². The van der Waals surface area contributed by atoms with Crippen LogP contribution in [0.25, 0.3) is 0 Å². The van der Waals surface area contributed by atoms with Gasteiger partial charge < -0.3 is 20.5 Å². The molecule has 0 fully saturated rings. The van der Waals surface area contributed by atoms with E-state index in [4.69, 9.17) is 4.74 Å². The van der Waals surface area contributed by atoms with E-state index < -0.39 is 6.10 Å². The molecule has 1 amide bonds. The number of nitrogens with one attached hydrogen (secondary N) is 2. The van der Waals surface area contributed by atoms with Crippen molar-refractivity contribution in [2.45, 2.75) is 12.5 Å². The summed E-state index contributed by atoms with van der Waals surface area (Å²) in [4.78, 5) is 10.9. The van der Waals surface area contributed by atoms with Crippen LogP contribution < -0.4 is 10.6 Å². The van der Waals surface area contributed by atoms with Crippen LogP contribution in [0.4, 0.5) is 0 Å². The van der Waals surface area contributed by atoms with Crippen molar-refractivity contribution >= 4 is 5.91 Å². The molecule has 0 spiro atoms. The SMILES string of the molecule is CNCC(=O)NCCC(O)COC. The second kappa shape index (κ2) is 7.97. The van der Waals surface area contributed by atoms with Crippen LogP contribution in [-0.4, -0.2) is 51.0 Å². The summed E-state index contributed by atoms with van der Waals surface area (Å²) in [6.07, 6.45) is 0.0171. The third-order valence-electron chi connectivity index (χ3n) is 1.50. The summed E-state index contributed by atoms with van der Waals surface area (Å²) in [5.41, 5.74) is 0. The predicted molar refractivity (Wildman–Crippen MR) is 49.4 cm³/mol. The maximum atomic E-state index is 10.9. The normalized spacial score (nSPS) is 12.5. The monoisotopic (exact) mass is 190 g/mol. The first-order valence-corrected chi connectivity index (χ1v) is 4.29. The maximum absolute atomic E-state index is 10.9. The lowest BCUT2D eigenvalue weighted by Crippen LogP contribution is -2.34. The summed E-state index contributed by atoms with van der Waals surface area (Å²) < 4.78 is 4.73. The second-order valence-electron chi connectivity index (χ2n) is 2.78. The lowest BCUT2D eigenvalue weighted by atomic mass is 10.2. The van der Waals surface area contributed by atoms with Crippen molar-refractivity contribution in [1.29, 1.82) is 0 Å². The fraction of sp³-hybridized carbons (Fsp3) is 0.875. The molecule has 0 aliphatic carbocycles. The van der Waals surface area contributed by atoms with E-state index in [0.29, 0.717) is 26.1 Å². The van der Waals surface area contributed by atoms with Crippen LogP contribution in [-0.2, 0) is 9.53 Å². The Bertz CT molecular complexity index is 141. The van der Waals surface area contributed by atoms with Crippen molar-refractivity contribution in [3.05, 3.63) is 0 Å². The number of carbonyl (C=O) groups excluding carboxylic acids is 1. The number of hydrogen-bond donors (Lipinski definition) is 3. The van der Waals surface area contributed by atoms with E-state index in [9.17, 15) is 9.90 Å². The van der Waals surface area contributed by atoms with E-state index in [2.05, 4.69) is 10.6 Å². The molecule has 3 N–H and O–H groups in total. The van der Waals surface area contributed by atoms with Crippen LogP contribution in [0.5, 0.6) is 0 Å². The third kappa shape index (κ3) is 7.70. The van der Waals surface area contributed by atoms with E-state index in [1.54, 1.807) is 7.05 Å². The van der Waals surface area contributed by atoms with E-state index in [1.807, 2.05) is 0 Å².